The number of anilines is 1. The van der Waals surface area contributed by atoms with Crippen LogP contribution in [0.3, 0.4) is 0 Å². The number of aromatic nitrogens is 2. The molecule has 3 heterocycles. The summed E-state index contributed by atoms with van der Waals surface area (Å²) in [5.41, 5.74) is 3.02. The van der Waals surface area contributed by atoms with Crippen molar-refractivity contribution in [3.05, 3.63) is 41.8 Å². The van der Waals surface area contributed by atoms with E-state index in [0.29, 0.717) is 0 Å². The summed E-state index contributed by atoms with van der Waals surface area (Å²) in [6.45, 7) is 4.94. The van der Waals surface area contributed by atoms with Gasteiger partial charge in [-0.05, 0) is 17.7 Å². The Morgan fingerprint density at radius 2 is 1.86 bits per heavy atom. The van der Waals surface area contributed by atoms with Crippen LogP contribution in [-0.4, -0.2) is 41.3 Å². The summed E-state index contributed by atoms with van der Waals surface area (Å²) in [4.78, 5) is 4.74. The third-order valence-corrected chi connectivity index (χ3v) is 4.60. The highest BCUT2D eigenvalue weighted by Crippen LogP contribution is 2.31. The van der Waals surface area contributed by atoms with Crippen LogP contribution in [0, 0.1) is 0 Å². The third kappa shape index (κ3) is 2.77. The van der Waals surface area contributed by atoms with Crippen LogP contribution >= 0.6 is 11.3 Å². The van der Waals surface area contributed by atoms with E-state index in [0.717, 1.165) is 49.4 Å². The van der Waals surface area contributed by atoms with Crippen molar-refractivity contribution < 1.29 is 9.47 Å². The second-order valence-electron chi connectivity index (χ2n) is 5.27. The van der Waals surface area contributed by atoms with Gasteiger partial charge in [-0.15, -0.1) is 10.2 Å². The molecule has 0 N–H and O–H groups in total. The molecule has 1 aromatic heterocycles. The van der Waals surface area contributed by atoms with Crippen LogP contribution in [0.4, 0.5) is 5.13 Å². The first kappa shape index (κ1) is 13.5. The summed E-state index contributed by atoms with van der Waals surface area (Å²) in [6.07, 6.45) is 3.11. The van der Waals surface area contributed by atoms with Crippen molar-refractivity contribution in [2.75, 3.05) is 31.1 Å². The average molecular weight is 316 g/mol. The molecule has 4 rings (SSSR count). The molecule has 2 aliphatic heterocycles. The van der Waals surface area contributed by atoms with Gasteiger partial charge in [0.25, 0.3) is 0 Å². The summed E-state index contributed by atoms with van der Waals surface area (Å²) in [7, 11) is 0. The van der Waals surface area contributed by atoms with Crippen molar-refractivity contribution in [2.24, 2.45) is 0 Å². The van der Waals surface area contributed by atoms with Gasteiger partial charge in [-0.3, -0.25) is 4.90 Å². The fourth-order valence-electron chi connectivity index (χ4n) is 2.70. The molecule has 114 valence electrons. The van der Waals surface area contributed by atoms with Crippen LogP contribution in [-0.2, 0) is 6.54 Å². The van der Waals surface area contributed by atoms with E-state index in [1.807, 2.05) is 6.07 Å². The Kier molecular flexibility index (Phi) is 3.65. The van der Waals surface area contributed by atoms with E-state index in [1.165, 1.54) is 5.56 Å². The molecule has 0 bridgehead atoms. The van der Waals surface area contributed by atoms with E-state index < -0.39 is 0 Å². The van der Waals surface area contributed by atoms with Gasteiger partial charge in [0, 0.05) is 32.7 Å². The molecule has 0 amide bonds. The van der Waals surface area contributed by atoms with Gasteiger partial charge in [-0.25, -0.2) is 0 Å². The van der Waals surface area contributed by atoms with Gasteiger partial charge in [0.2, 0.25) is 5.13 Å². The zero-order chi connectivity index (χ0) is 14.8. The number of benzene rings is 1. The molecule has 1 saturated heterocycles. The normalized spacial score (nSPS) is 17.7. The van der Waals surface area contributed by atoms with Crippen LogP contribution in [0.1, 0.15) is 5.56 Å². The Bertz CT molecular complexity index is 666. The predicted octanol–water partition coefficient (Wildman–Crippen LogP) is 2.10. The van der Waals surface area contributed by atoms with Gasteiger partial charge in [0.15, 0.2) is 11.5 Å². The second-order valence-corrected chi connectivity index (χ2v) is 6.09. The number of fused-ring (bicyclic) bond motifs is 1. The Morgan fingerprint density at radius 1 is 1.05 bits per heavy atom. The van der Waals surface area contributed by atoms with E-state index in [-0.39, 0.29) is 0 Å². The molecule has 0 spiro atoms. The van der Waals surface area contributed by atoms with E-state index in [4.69, 9.17) is 9.47 Å². The lowest BCUT2D eigenvalue weighted by Crippen LogP contribution is -2.45. The number of ether oxygens (including phenoxy) is 2. The molecular formula is C15H16N4O2S. The number of piperazine rings is 1. The first-order valence-electron chi connectivity index (χ1n) is 7.23. The van der Waals surface area contributed by atoms with Crippen LogP contribution in [0.25, 0.3) is 0 Å². The molecule has 0 saturated carbocycles. The molecule has 1 fully saturated rings. The lowest BCUT2D eigenvalue weighted by molar-refractivity contribution is 0.249. The molecule has 6 nitrogen and oxygen atoms in total. The van der Waals surface area contributed by atoms with Gasteiger partial charge < -0.3 is 14.4 Å². The topological polar surface area (TPSA) is 50.7 Å². The maximum Gasteiger partial charge on any atom is 0.208 e. The van der Waals surface area contributed by atoms with Crippen LogP contribution in [0.2, 0.25) is 0 Å². The van der Waals surface area contributed by atoms with Crippen LogP contribution < -0.4 is 14.4 Å². The molecular weight excluding hydrogens is 300 g/mol. The maximum absolute atomic E-state index is 5.47. The minimum Gasteiger partial charge on any atom is -0.458 e. The number of rotatable bonds is 3. The smallest absolute Gasteiger partial charge is 0.208 e. The van der Waals surface area contributed by atoms with Crippen molar-refractivity contribution >= 4 is 16.5 Å². The van der Waals surface area contributed by atoms with E-state index >= 15 is 0 Å². The summed E-state index contributed by atoms with van der Waals surface area (Å²) < 4.78 is 10.9. The second kappa shape index (κ2) is 5.94. The molecule has 0 unspecified atom stereocenters. The predicted molar refractivity (Wildman–Crippen MR) is 84.2 cm³/mol. The minimum atomic E-state index is 0.771. The fourth-order valence-corrected chi connectivity index (χ4v) is 3.32. The van der Waals surface area contributed by atoms with Gasteiger partial charge >= 0.3 is 0 Å². The van der Waals surface area contributed by atoms with Gasteiger partial charge in [0.05, 0.1) is 0 Å². The number of hydrogen-bond donors (Lipinski definition) is 0. The number of hydrogen-bond acceptors (Lipinski definition) is 7. The van der Waals surface area contributed by atoms with Crippen LogP contribution in [0.5, 0.6) is 11.5 Å². The average Bonchev–Trinajstić information content (AvgIpc) is 3.10. The zero-order valence-electron chi connectivity index (χ0n) is 12.0. The third-order valence-electron chi connectivity index (χ3n) is 3.85. The first-order valence-corrected chi connectivity index (χ1v) is 8.11. The van der Waals surface area contributed by atoms with Crippen LogP contribution in [0.15, 0.2) is 36.2 Å². The summed E-state index contributed by atoms with van der Waals surface area (Å²) >= 11 is 1.60. The zero-order valence-corrected chi connectivity index (χ0v) is 12.8. The summed E-state index contributed by atoms with van der Waals surface area (Å²) in [6, 6.07) is 6.11. The van der Waals surface area contributed by atoms with Crippen molar-refractivity contribution in [2.45, 2.75) is 6.54 Å². The molecule has 1 aromatic carbocycles. The molecule has 7 heteroatoms. The van der Waals surface area contributed by atoms with E-state index in [9.17, 15) is 0 Å². The largest absolute Gasteiger partial charge is 0.458 e. The molecule has 22 heavy (non-hydrogen) atoms. The highest BCUT2D eigenvalue weighted by Gasteiger charge is 2.19. The lowest BCUT2D eigenvalue weighted by atomic mass is 10.1. The van der Waals surface area contributed by atoms with Crippen molar-refractivity contribution in [1.29, 1.82) is 0 Å². The van der Waals surface area contributed by atoms with Crippen molar-refractivity contribution in [3.63, 3.8) is 0 Å². The van der Waals surface area contributed by atoms with E-state index in [1.54, 1.807) is 29.4 Å². The van der Waals surface area contributed by atoms with E-state index in [2.05, 4.69) is 32.1 Å². The Balaban J connectivity index is 1.37. The van der Waals surface area contributed by atoms with Crippen molar-refractivity contribution in [3.8, 4) is 11.5 Å². The lowest BCUT2D eigenvalue weighted by Gasteiger charge is -2.34. The Morgan fingerprint density at radius 3 is 2.64 bits per heavy atom. The minimum absolute atomic E-state index is 0.771. The quantitative estimate of drug-likeness (QED) is 0.864. The van der Waals surface area contributed by atoms with Gasteiger partial charge in [-0.2, -0.15) is 0 Å². The van der Waals surface area contributed by atoms with Crippen molar-refractivity contribution in [1.82, 2.24) is 15.1 Å². The Hall–Kier alpha value is -2.12. The van der Waals surface area contributed by atoms with Gasteiger partial charge in [-0.1, -0.05) is 17.4 Å². The molecule has 0 radical (unpaired) electrons. The molecule has 2 aromatic rings. The maximum atomic E-state index is 5.47. The molecule has 0 atom stereocenters. The molecule has 0 aliphatic carbocycles. The highest BCUT2D eigenvalue weighted by atomic mass is 32.1. The SMILES string of the molecule is C1=COc2cc(CN3CCN(c4nncs4)CC3)ccc2O1. The fraction of sp³-hybridized carbons (Fsp3) is 0.333. The molecule has 2 aliphatic rings. The summed E-state index contributed by atoms with van der Waals surface area (Å²) in [5, 5.41) is 9.06. The first-order chi connectivity index (χ1) is 10.9. The summed E-state index contributed by atoms with van der Waals surface area (Å²) in [5.74, 6) is 1.56. The van der Waals surface area contributed by atoms with Gasteiger partial charge in [0.1, 0.15) is 18.0 Å². The highest BCUT2D eigenvalue weighted by molar-refractivity contribution is 7.13. The standard InChI is InChI=1S/C15H16N4O2S/c1-2-13-14(21-8-7-20-13)9-12(1)10-18-3-5-19(6-4-18)15-17-16-11-22-15/h1-2,7-9,11H,3-6,10H2. The monoisotopic (exact) mass is 316 g/mol. The number of nitrogens with zero attached hydrogens (tertiary/aromatic N) is 4. The Labute approximate surface area is 132 Å².